The van der Waals surface area contributed by atoms with E-state index in [-0.39, 0.29) is 35.4 Å². The van der Waals surface area contributed by atoms with Gasteiger partial charge in [-0.15, -0.1) is 0 Å². The van der Waals surface area contributed by atoms with Gasteiger partial charge in [-0.1, -0.05) is 13.2 Å². The van der Waals surface area contributed by atoms with E-state index >= 15 is 0 Å². The minimum absolute atomic E-state index is 0.0924. The van der Waals surface area contributed by atoms with Gasteiger partial charge in [0.2, 0.25) is 82.8 Å². The predicted octanol–water partition coefficient (Wildman–Crippen LogP) is 11.6. The minimum Gasteiger partial charge on any atom is -0.346 e. The highest BCUT2D eigenvalue weighted by Crippen LogP contribution is 2.43. The van der Waals surface area contributed by atoms with Crippen LogP contribution < -0.4 is 0 Å². The number of nitrogens with one attached hydrogen (secondary N) is 5. The average Bonchev–Trinajstić information content (AvgIpc) is 1.60. The summed E-state index contributed by atoms with van der Waals surface area (Å²) < 4.78 is 140. The number of nitrogens with zero attached hydrogens (tertiary/aromatic N) is 27. The number of piperidine rings is 5. The van der Waals surface area contributed by atoms with Crippen molar-refractivity contribution in [2.45, 2.75) is 124 Å². The van der Waals surface area contributed by atoms with Crippen LogP contribution in [-0.4, -0.2) is 287 Å². The van der Waals surface area contributed by atoms with Gasteiger partial charge in [0.05, 0.1) is 57.6 Å². The first-order valence-corrected chi connectivity index (χ1v) is 53.7. The Morgan fingerprint density at radius 1 is 0.340 bits per heavy atom. The van der Waals surface area contributed by atoms with E-state index in [2.05, 4.69) is 136 Å². The quantitative estimate of drug-likeness (QED) is 0.0332. The highest BCUT2D eigenvalue weighted by molar-refractivity contribution is 7.92. The molecule has 15 aromatic rings. The minimum atomic E-state index is -3.45. The molecule has 0 aromatic carbocycles. The number of sulfonamides is 5. The van der Waals surface area contributed by atoms with Gasteiger partial charge in [-0.3, -0.25) is 9.36 Å². The summed E-state index contributed by atoms with van der Waals surface area (Å²) in [6.45, 7) is 52.7. The Kier molecular flexibility index (Phi) is 28.3. The van der Waals surface area contributed by atoms with E-state index in [1.807, 2.05) is 134 Å². The van der Waals surface area contributed by atoms with E-state index in [1.54, 1.807) is 45.9 Å². The third-order valence-corrected chi connectivity index (χ3v) is 37.3. The van der Waals surface area contributed by atoms with E-state index in [4.69, 9.17) is 32.9 Å². The number of hydrogen-bond acceptors (Lipinski definition) is 22. The maximum Gasteiger partial charge on any atom is 0.239 e. The molecule has 47 heteroatoms. The predicted molar refractivity (Wildman–Crippen MR) is 533 cm³/mol. The Balaban J connectivity index is 0.000000121. The van der Waals surface area contributed by atoms with Crippen LogP contribution in [0, 0.1) is 32.9 Å². The normalized spacial score (nSPS) is 18.0. The summed E-state index contributed by atoms with van der Waals surface area (Å²) in [5, 5.41) is 15.5. The summed E-state index contributed by atoms with van der Waals surface area (Å²) in [5.41, 5.74) is 10.2. The van der Waals surface area contributed by atoms with Crippen LogP contribution in [0.5, 0.6) is 0 Å². The summed E-state index contributed by atoms with van der Waals surface area (Å²) in [5.74, 6) is 0.200. The summed E-state index contributed by atoms with van der Waals surface area (Å²) in [6.07, 6.45) is 43.3. The Bertz CT molecular complexity index is 7570. The van der Waals surface area contributed by atoms with Gasteiger partial charge < -0.3 is 62.8 Å². The number of H-pyrrole nitrogens is 5. The Morgan fingerprint density at radius 2 is 0.589 bits per heavy atom. The number of aromatic nitrogens is 22. The SMILES string of the molecule is [C-]#[N+]CC1(n2cc(-c3ncnc4[nH]ccc34)cn2)CCN(S(=O)(=O)C=C)CC1.[C-]#[N+]CC1(n2cc(-c3ncnc4[nH]ccc34)cn2)CCN(S(=O)(=O)CC)CC1.[C-]#[N+]CC1(n2ccc(-c3ncnc4[nH]ccc34)c2)CCN(S(=O)(=O)C2CC2)CC1.[C-]#[N+]CC1(n2ccc(-c3ncnc4[nH]ccc34)c2)CCN(S(=O)(=O)C=C)CC1.[C-]#[N+]CC1(n2ccc(-c3ncnc4[nH]ccc34)c2)CCN(S(=O)(=O)CC)CC1. The van der Waals surface area contributed by atoms with E-state index in [1.165, 1.54) is 38.2 Å². The first-order valence-electron chi connectivity index (χ1n) is 45.9. The second-order valence-electron chi connectivity index (χ2n) is 35.7. The summed E-state index contributed by atoms with van der Waals surface area (Å²) in [7, 11) is -16.5. The van der Waals surface area contributed by atoms with Gasteiger partial charge in [-0.25, -0.2) is 138 Å². The highest BCUT2D eigenvalue weighted by atomic mass is 32.2. The van der Waals surface area contributed by atoms with Gasteiger partial charge in [0.25, 0.3) is 0 Å². The number of rotatable bonds is 25. The largest absolute Gasteiger partial charge is 0.346 e. The van der Waals surface area contributed by atoms with Crippen LogP contribution in [0.2, 0.25) is 0 Å². The van der Waals surface area contributed by atoms with Crippen molar-refractivity contribution < 1.29 is 42.1 Å². The van der Waals surface area contributed by atoms with Gasteiger partial charge in [-0.2, -0.15) is 18.8 Å². The first-order chi connectivity index (χ1) is 68.0. The Hall–Kier alpha value is -14.2. The molecule has 0 spiro atoms. The molecule has 5 saturated heterocycles. The van der Waals surface area contributed by atoms with Gasteiger partial charge >= 0.3 is 0 Å². The lowest BCUT2D eigenvalue weighted by Crippen LogP contribution is -2.50. The molecule has 5 N–H and O–H groups in total. The van der Waals surface area contributed by atoms with Gasteiger partial charge in [0, 0.05) is 212 Å². The second-order valence-corrected chi connectivity index (χ2v) is 46.2. The van der Waals surface area contributed by atoms with Crippen molar-refractivity contribution in [3.63, 3.8) is 0 Å². The monoisotopic (exact) mass is 2000 g/mol. The molecule has 42 nitrogen and oxygen atoms in total. The van der Waals surface area contributed by atoms with E-state index in [9.17, 15) is 42.1 Å². The molecular formula is C94H104N32O10S5. The standard InChI is InChI=1S/C20H22N6O2S.C19H22N6O2S.C19H20N6O2S.C18H21N7O2S.C18H19N7O2S/c1-21-13-20(6-10-26(11-7-20)29(27,28)16-2-3-16)25-9-5-15(12-25)18-17-4-8-22-19(17)24-14-23-18;2*1-3-28(26,27)25-10-6-19(7-11-25,13-20-2)24-9-5-15(12-24)17-16-4-8-21-18(16)23-14-22-17;2*1-3-28(26,27)24-8-5-18(6-9-24,12-19-2)25-11-14(10-23-25)16-15-4-7-20-17(15)22-13-21-16/h4-5,8-9,12,14,16H,2-3,6-7,10-11,13H2,(H,22,23,24);4-5,8-9,12,14H,3,6-7,10-11,13H2,1H3,(H,21,22,23);3-5,8-9,12,14H,1,6-7,10-11,13H2,(H,21,22,23);4,7,10-11,13H,3,5-6,8-9,12H2,1H3,(H,20,21,22);3-4,7,10-11,13H,1,5-6,8-9,12H2,(H,20,21,22). The van der Waals surface area contributed by atoms with E-state index < -0.39 is 72.3 Å². The lowest BCUT2D eigenvalue weighted by atomic mass is 9.88. The van der Waals surface area contributed by atoms with Crippen molar-refractivity contribution in [2.75, 3.05) is 110 Å². The van der Waals surface area contributed by atoms with Gasteiger partial charge in [-0.05, 0) is 139 Å². The van der Waals surface area contributed by atoms with Crippen molar-refractivity contribution in [3.8, 4) is 56.3 Å². The molecule has 5 aliphatic heterocycles. The van der Waals surface area contributed by atoms with Crippen molar-refractivity contribution in [1.29, 1.82) is 0 Å². The molecule has 141 heavy (non-hydrogen) atoms. The van der Waals surface area contributed by atoms with Crippen LogP contribution in [-0.2, 0) is 77.8 Å². The highest BCUT2D eigenvalue weighted by Gasteiger charge is 2.49. The zero-order valence-corrected chi connectivity index (χ0v) is 81.6. The molecule has 1 aliphatic carbocycles. The van der Waals surface area contributed by atoms with Crippen LogP contribution in [0.1, 0.15) is 90.9 Å². The fourth-order valence-corrected chi connectivity index (χ4v) is 25.4. The average molecular weight is 2000 g/mol. The lowest BCUT2D eigenvalue weighted by Gasteiger charge is -2.39. The first kappa shape index (κ1) is 98.4. The van der Waals surface area contributed by atoms with Crippen LogP contribution in [0.3, 0.4) is 0 Å². The maximum atomic E-state index is 12.6. The fraction of sp³-hybridized carbons (Fsp3) is 0.394. The summed E-state index contributed by atoms with van der Waals surface area (Å²) in [6, 6.07) is 15.7. The van der Waals surface area contributed by atoms with Crippen molar-refractivity contribution in [2.24, 2.45) is 0 Å². The van der Waals surface area contributed by atoms with Crippen molar-refractivity contribution >= 4 is 105 Å². The van der Waals surface area contributed by atoms with Crippen LogP contribution in [0.15, 0.2) is 197 Å². The van der Waals surface area contributed by atoms with Crippen molar-refractivity contribution in [1.82, 2.24) is 130 Å². The number of hydrogen-bond donors (Lipinski definition) is 5. The van der Waals surface area contributed by atoms with Gasteiger partial charge in [0.1, 0.15) is 87.6 Å². The molecule has 1 saturated carbocycles. The molecule has 6 fully saturated rings. The third-order valence-electron chi connectivity index (χ3n) is 28.1. The second kappa shape index (κ2) is 40.6. The summed E-state index contributed by atoms with van der Waals surface area (Å²) in [4.78, 5) is 76.9. The zero-order valence-electron chi connectivity index (χ0n) is 77.5. The van der Waals surface area contributed by atoms with Crippen LogP contribution in [0.4, 0.5) is 0 Å². The molecule has 0 unspecified atom stereocenters. The maximum absolute atomic E-state index is 12.6. The van der Waals surface area contributed by atoms with Crippen molar-refractivity contribution in [3.05, 3.63) is 254 Å². The number of aromatic amines is 5. The summed E-state index contributed by atoms with van der Waals surface area (Å²) >= 11 is 0. The molecule has 0 amide bonds. The van der Waals surface area contributed by atoms with E-state index in [0.717, 1.165) is 135 Å². The molecule has 0 radical (unpaired) electrons. The zero-order chi connectivity index (χ0) is 99.2. The van der Waals surface area contributed by atoms with Crippen LogP contribution >= 0.6 is 0 Å². The molecule has 0 bridgehead atoms. The van der Waals surface area contributed by atoms with Crippen LogP contribution in [0.25, 0.3) is 136 Å². The Morgan fingerprint density at radius 3 is 0.844 bits per heavy atom. The Labute approximate surface area is 815 Å². The molecule has 730 valence electrons. The molecule has 21 rings (SSSR count). The van der Waals surface area contributed by atoms with Gasteiger partial charge in [0.15, 0.2) is 0 Å². The van der Waals surface area contributed by atoms with E-state index in [0.29, 0.717) is 149 Å². The fourth-order valence-electron chi connectivity index (χ4n) is 19.5. The molecule has 20 heterocycles. The molecular weight excluding hydrogens is 1900 g/mol. The molecule has 15 aromatic heterocycles. The molecule has 0 atom stereocenters. The molecule has 6 aliphatic rings. The smallest absolute Gasteiger partial charge is 0.239 e. The topological polar surface area (TPSA) is 467 Å². The number of fused-ring (bicyclic) bond motifs is 5. The third kappa shape index (κ3) is 19.8. The lowest BCUT2D eigenvalue weighted by molar-refractivity contribution is 0.160.